The summed E-state index contributed by atoms with van der Waals surface area (Å²) in [4.78, 5) is 23.0. The van der Waals surface area contributed by atoms with Gasteiger partial charge in [-0.3, -0.25) is 9.59 Å². The molecule has 0 saturated heterocycles. The summed E-state index contributed by atoms with van der Waals surface area (Å²) in [6.07, 6.45) is 0.985. The minimum Gasteiger partial charge on any atom is -0.481 e. The van der Waals surface area contributed by atoms with Gasteiger partial charge in [-0.05, 0) is 29.9 Å². The largest absolute Gasteiger partial charge is 0.481 e. The summed E-state index contributed by atoms with van der Waals surface area (Å²) in [5.41, 5.74) is 2.04. The number of benzene rings is 1. The normalized spacial score (nSPS) is 12.8. The lowest BCUT2D eigenvalue weighted by Gasteiger charge is -2.30. The highest BCUT2D eigenvalue weighted by molar-refractivity contribution is 5.77. The Bertz CT molecular complexity index is 503. The van der Waals surface area contributed by atoms with Gasteiger partial charge >= 0.3 is 5.97 Å². The van der Waals surface area contributed by atoms with E-state index in [-0.39, 0.29) is 23.8 Å². The van der Waals surface area contributed by atoms with Crippen molar-refractivity contribution in [1.82, 2.24) is 5.32 Å². The van der Waals surface area contributed by atoms with Crippen molar-refractivity contribution in [2.75, 3.05) is 0 Å². The van der Waals surface area contributed by atoms with Gasteiger partial charge in [0.2, 0.25) is 5.91 Å². The van der Waals surface area contributed by atoms with Crippen LogP contribution in [0.25, 0.3) is 0 Å². The molecular weight excluding hydrogens is 266 g/mol. The van der Waals surface area contributed by atoms with E-state index in [2.05, 4.69) is 5.32 Å². The number of carbonyl (C=O) groups is 2. The Labute approximate surface area is 126 Å². The molecule has 2 N–H and O–H groups in total. The van der Waals surface area contributed by atoms with Gasteiger partial charge in [0.15, 0.2) is 0 Å². The maximum absolute atomic E-state index is 12.1. The number of hydrogen-bond donors (Lipinski definition) is 2. The van der Waals surface area contributed by atoms with Crippen molar-refractivity contribution < 1.29 is 14.7 Å². The fourth-order valence-corrected chi connectivity index (χ4v) is 2.15. The van der Waals surface area contributed by atoms with Gasteiger partial charge in [-0.2, -0.15) is 0 Å². The van der Waals surface area contributed by atoms with E-state index >= 15 is 0 Å². The van der Waals surface area contributed by atoms with Crippen LogP contribution in [-0.2, 0) is 16.0 Å². The highest BCUT2D eigenvalue weighted by atomic mass is 16.4. The predicted molar refractivity (Wildman–Crippen MR) is 83.1 cm³/mol. The standard InChI is InChI=1S/C17H25NO3/c1-12-7-5-6-8-13(12)9-10-15(19)18-14(11-16(20)21)17(2,3)4/h5-8,14H,9-11H2,1-4H3,(H,18,19)(H,20,21). The van der Waals surface area contributed by atoms with Crippen molar-refractivity contribution >= 4 is 11.9 Å². The van der Waals surface area contributed by atoms with E-state index in [0.29, 0.717) is 12.8 Å². The Kier molecular flexibility index (Phi) is 5.94. The van der Waals surface area contributed by atoms with E-state index in [1.807, 2.05) is 52.0 Å². The van der Waals surface area contributed by atoms with Crippen LogP contribution in [0.15, 0.2) is 24.3 Å². The van der Waals surface area contributed by atoms with E-state index in [1.165, 1.54) is 5.56 Å². The second-order valence-corrected chi connectivity index (χ2v) is 6.51. The first-order chi connectivity index (χ1) is 9.70. The van der Waals surface area contributed by atoms with Crippen molar-refractivity contribution in [3.8, 4) is 0 Å². The quantitative estimate of drug-likeness (QED) is 0.847. The monoisotopic (exact) mass is 291 g/mol. The molecule has 0 aliphatic rings. The van der Waals surface area contributed by atoms with E-state index in [0.717, 1.165) is 5.56 Å². The smallest absolute Gasteiger partial charge is 0.305 e. The summed E-state index contributed by atoms with van der Waals surface area (Å²) >= 11 is 0. The van der Waals surface area contributed by atoms with E-state index in [9.17, 15) is 9.59 Å². The van der Waals surface area contributed by atoms with Crippen molar-refractivity contribution in [2.24, 2.45) is 5.41 Å². The molecule has 0 heterocycles. The molecule has 0 radical (unpaired) electrons. The van der Waals surface area contributed by atoms with Crippen molar-refractivity contribution in [2.45, 2.75) is 53.0 Å². The summed E-state index contributed by atoms with van der Waals surface area (Å²) in [6.45, 7) is 7.82. The molecule has 1 aromatic rings. The van der Waals surface area contributed by atoms with Crippen LogP contribution in [-0.4, -0.2) is 23.0 Å². The first-order valence-electron chi connectivity index (χ1n) is 7.26. The van der Waals surface area contributed by atoms with Crippen molar-refractivity contribution in [3.05, 3.63) is 35.4 Å². The van der Waals surface area contributed by atoms with Crippen LogP contribution >= 0.6 is 0 Å². The van der Waals surface area contributed by atoms with E-state index in [1.54, 1.807) is 0 Å². The number of amides is 1. The predicted octanol–water partition coefficient (Wildman–Crippen LogP) is 2.93. The third-order valence-corrected chi connectivity index (χ3v) is 3.64. The SMILES string of the molecule is Cc1ccccc1CCC(=O)NC(CC(=O)O)C(C)(C)C. The average Bonchev–Trinajstić information content (AvgIpc) is 2.35. The number of aryl methyl sites for hydroxylation is 2. The van der Waals surface area contributed by atoms with Gasteiger partial charge in [0, 0.05) is 12.5 Å². The molecule has 0 spiro atoms. The van der Waals surface area contributed by atoms with Gasteiger partial charge in [0.05, 0.1) is 6.42 Å². The van der Waals surface area contributed by atoms with Crippen LogP contribution in [0.1, 0.15) is 44.7 Å². The van der Waals surface area contributed by atoms with Gasteiger partial charge in [0.25, 0.3) is 0 Å². The number of nitrogens with one attached hydrogen (secondary N) is 1. The number of hydrogen-bond acceptors (Lipinski definition) is 2. The Morgan fingerprint density at radius 3 is 2.38 bits per heavy atom. The maximum atomic E-state index is 12.1. The van der Waals surface area contributed by atoms with Crippen LogP contribution in [0.5, 0.6) is 0 Å². The molecule has 1 amide bonds. The minimum absolute atomic E-state index is 0.0559. The van der Waals surface area contributed by atoms with Gasteiger partial charge in [-0.15, -0.1) is 0 Å². The minimum atomic E-state index is -0.894. The van der Waals surface area contributed by atoms with Gasteiger partial charge in [0.1, 0.15) is 0 Å². The lowest BCUT2D eigenvalue weighted by Crippen LogP contribution is -2.45. The molecular formula is C17H25NO3. The summed E-state index contributed by atoms with van der Waals surface area (Å²) in [6, 6.07) is 7.61. The number of aliphatic carboxylic acids is 1. The molecule has 1 rings (SSSR count). The molecule has 4 heteroatoms. The Morgan fingerprint density at radius 1 is 1.24 bits per heavy atom. The highest BCUT2D eigenvalue weighted by Gasteiger charge is 2.28. The summed E-state index contributed by atoms with van der Waals surface area (Å²) < 4.78 is 0. The van der Waals surface area contributed by atoms with Crippen molar-refractivity contribution in [3.63, 3.8) is 0 Å². The molecule has 0 aromatic heterocycles. The summed E-state index contributed by atoms with van der Waals surface area (Å²) in [7, 11) is 0. The highest BCUT2D eigenvalue weighted by Crippen LogP contribution is 2.22. The molecule has 0 bridgehead atoms. The molecule has 0 saturated carbocycles. The Balaban J connectivity index is 2.58. The fraction of sp³-hybridized carbons (Fsp3) is 0.529. The van der Waals surface area contributed by atoms with Crippen LogP contribution < -0.4 is 5.32 Å². The Morgan fingerprint density at radius 2 is 1.86 bits per heavy atom. The molecule has 0 fully saturated rings. The zero-order chi connectivity index (χ0) is 16.0. The maximum Gasteiger partial charge on any atom is 0.305 e. The zero-order valence-corrected chi connectivity index (χ0v) is 13.3. The number of rotatable bonds is 6. The molecule has 0 aliphatic carbocycles. The molecule has 4 nitrogen and oxygen atoms in total. The Hall–Kier alpha value is -1.84. The number of carbonyl (C=O) groups excluding carboxylic acids is 1. The first kappa shape index (κ1) is 17.2. The second kappa shape index (κ2) is 7.25. The topological polar surface area (TPSA) is 66.4 Å². The van der Waals surface area contributed by atoms with Gasteiger partial charge < -0.3 is 10.4 Å². The molecule has 1 atom stereocenters. The molecule has 21 heavy (non-hydrogen) atoms. The summed E-state index contributed by atoms with van der Waals surface area (Å²) in [5, 5.41) is 11.8. The fourth-order valence-electron chi connectivity index (χ4n) is 2.15. The molecule has 1 unspecified atom stereocenters. The van der Waals surface area contributed by atoms with Crippen LogP contribution in [0.4, 0.5) is 0 Å². The lowest BCUT2D eigenvalue weighted by atomic mass is 9.84. The first-order valence-corrected chi connectivity index (χ1v) is 7.26. The number of carboxylic acid groups (broad SMARTS) is 1. The van der Waals surface area contributed by atoms with Crippen LogP contribution in [0.3, 0.4) is 0 Å². The lowest BCUT2D eigenvalue weighted by molar-refractivity contribution is -0.138. The zero-order valence-electron chi connectivity index (χ0n) is 13.3. The van der Waals surface area contributed by atoms with Crippen molar-refractivity contribution in [1.29, 1.82) is 0 Å². The van der Waals surface area contributed by atoms with Gasteiger partial charge in [-0.25, -0.2) is 0 Å². The van der Waals surface area contributed by atoms with Gasteiger partial charge in [-0.1, -0.05) is 45.0 Å². The third-order valence-electron chi connectivity index (χ3n) is 3.64. The molecule has 0 aliphatic heterocycles. The third kappa shape index (κ3) is 5.98. The second-order valence-electron chi connectivity index (χ2n) is 6.51. The van der Waals surface area contributed by atoms with E-state index < -0.39 is 5.97 Å². The molecule has 1 aromatic carbocycles. The molecule has 116 valence electrons. The van der Waals surface area contributed by atoms with Crippen LogP contribution in [0, 0.1) is 12.3 Å². The van der Waals surface area contributed by atoms with E-state index in [4.69, 9.17) is 5.11 Å². The summed E-state index contributed by atoms with van der Waals surface area (Å²) in [5.74, 6) is -0.992. The number of carboxylic acids is 1. The average molecular weight is 291 g/mol. The van der Waals surface area contributed by atoms with Crippen LogP contribution in [0.2, 0.25) is 0 Å².